The van der Waals surface area contributed by atoms with Crippen LogP contribution in [0.25, 0.3) is 0 Å². The van der Waals surface area contributed by atoms with Crippen LogP contribution in [0.2, 0.25) is 0 Å². The van der Waals surface area contributed by atoms with Crippen molar-refractivity contribution in [3.8, 4) is 5.75 Å². The topological polar surface area (TPSA) is 61.3 Å². The van der Waals surface area contributed by atoms with E-state index in [9.17, 15) is 0 Å². The van der Waals surface area contributed by atoms with Crippen LogP contribution in [0, 0.1) is 0 Å². The first-order valence-corrected chi connectivity index (χ1v) is 7.98. The monoisotopic (exact) mass is 318 g/mol. The Kier molecular flexibility index (Phi) is 4.71. The van der Waals surface area contributed by atoms with Gasteiger partial charge in [0, 0.05) is 11.4 Å². The first-order chi connectivity index (χ1) is 11.6. The third kappa shape index (κ3) is 4.07. The fourth-order valence-electron chi connectivity index (χ4n) is 2.79. The average molecular weight is 318 g/mol. The van der Waals surface area contributed by atoms with E-state index < -0.39 is 0 Å². The van der Waals surface area contributed by atoms with E-state index in [1.807, 2.05) is 24.3 Å². The second kappa shape index (κ2) is 7.09. The lowest BCUT2D eigenvalue weighted by molar-refractivity contribution is 0.414. The van der Waals surface area contributed by atoms with E-state index >= 15 is 0 Å². The average Bonchev–Trinajstić information content (AvgIpc) is 2.59. The number of hydrogen-bond donors (Lipinski definition) is 2. The Balaban J connectivity index is 1.84. The van der Waals surface area contributed by atoms with Crippen molar-refractivity contribution in [2.45, 2.75) is 12.8 Å². The molecule has 0 saturated heterocycles. The maximum Gasteiger partial charge on any atom is 0.119 e. The molecule has 3 heteroatoms. The normalized spacial score (nSPS) is 10.5. The van der Waals surface area contributed by atoms with Crippen LogP contribution in [0.15, 0.2) is 66.7 Å². The third-order valence-corrected chi connectivity index (χ3v) is 4.04. The van der Waals surface area contributed by atoms with Gasteiger partial charge in [-0.05, 0) is 71.5 Å². The zero-order chi connectivity index (χ0) is 16.9. The molecule has 0 saturated carbocycles. The highest BCUT2D eigenvalue weighted by Crippen LogP contribution is 2.22. The fraction of sp³-hybridized carbons (Fsp3) is 0.143. The summed E-state index contributed by atoms with van der Waals surface area (Å²) in [5.74, 6) is 0.883. The van der Waals surface area contributed by atoms with Crippen molar-refractivity contribution >= 4 is 11.4 Å². The Morgan fingerprint density at radius 2 is 1.04 bits per heavy atom. The molecule has 4 N–H and O–H groups in total. The highest BCUT2D eigenvalue weighted by Gasteiger charge is 2.05. The largest absolute Gasteiger partial charge is 0.497 e. The molecule has 3 nitrogen and oxygen atoms in total. The number of ether oxygens (including phenoxy) is 1. The maximum absolute atomic E-state index is 5.76. The van der Waals surface area contributed by atoms with Crippen LogP contribution in [0.5, 0.6) is 5.75 Å². The number of nitrogens with two attached hydrogens (primary N) is 2. The van der Waals surface area contributed by atoms with Gasteiger partial charge in [0.2, 0.25) is 0 Å². The first kappa shape index (κ1) is 15.9. The van der Waals surface area contributed by atoms with Gasteiger partial charge < -0.3 is 16.2 Å². The van der Waals surface area contributed by atoms with Gasteiger partial charge in [-0.1, -0.05) is 30.3 Å². The zero-order valence-electron chi connectivity index (χ0n) is 13.8. The molecule has 0 atom stereocenters. The summed E-state index contributed by atoms with van der Waals surface area (Å²) in [5.41, 5.74) is 18.0. The summed E-state index contributed by atoms with van der Waals surface area (Å²) in [6.07, 6.45) is 1.71. The minimum atomic E-state index is 0.786. The summed E-state index contributed by atoms with van der Waals surface area (Å²) in [6, 6.07) is 22.4. The van der Waals surface area contributed by atoms with Crippen LogP contribution >= 0.6 is 0 Å². The number of rotatable bonds is 5. The molecular weight excluding hydrogens is 296 g/mol. The van der Waals surface area contributed by atoms with Crippen molar-refractivity contribution in [1.82, 2.24) is 0 Å². The fourth-order valence-corrected chi connectivity index (χ4v) is 2.79. The highest BCUT2D eigenvalue weighted by molar-refractivity contribution is 5.44. The molecule has 3 rings (SSSR count). The smallest absolute Gasteiger partial charge is 0.119 e. The quantitative estimate of drug-likeness (QED) is 0.698. The lowest BCUT2D eigenvalue weighted by Gasteiger charge is -2.10. The molecule has 0 heterocycles. The van der Waals surface area contributed by atoms with Gasteiger partial charge in [-0.25, -0.2) is 0 Å². The van der Waals surface area contributed by atoms with Crippen LogP contribution in [0.1, 0.15) is 22.3 Å². The van der Waals surface area contributed by atoms with Crippen molar-refractivity contribution in [3.05, 3.63) is 89.0 Å². The van der Waals surface area contributed by atoms with E-state index in [1.54, 1.807) is 7.11 Å². The number of hydrogen-bond acceptors (Lipinski definition) is 3. The van der Waals surface area contributed by atoms with Gasteiger partial charge in [0.25, 0.3) is 0 Å². The molecule has 0 fully saturated rings. The van der Waals surface area contributed by atoms with Crippen LogP contribution in [0.3, 0.4) is 0 Å². The number of anilines is 2. The second-order valence-corrected chi connectivity index (χ2v) is 6.03. The van der Waals surface area contributed by atoms with E-state index in [0.717, 1.165) is 30.0 Å². The predicted octanol–water partition coefficient (Wildman–Crippen LogP) is 4.04. The van der Waals surface area contributed by atoms with Crippen molar-refractivity contribution in [2.75, 3.05) is 18.6 Å². The molecule has 0 amide bonds. The molecule has 0 radical (unpaired) electrons. The van der Waals surface area contributed by atoms with Gasteiger partial charge in [-0.3, -0.25) is 0 Å². The van der Waals surface area contributed by atoms with Gasteiger partial charge in [-0.2, -0.15) is 0 Å². The number of nitrogen functional groups attached to an aromatic ring is 2. The SMILES string of the molecule is COc1cc(Cc2ccc(N)cc2)cc(Cc2ccc(N)cc2)c1. The Hall–Kier alpha value is -2.94. The Labute approximate surface area is 142 Å². The molecule has 3 aromatic carbocycles. The number of benzene rings is 3. The van der Waals surface area contributed by atoms with Crippen LogP contribution in [-0.2, 0) is 12.8 Å². The van der Waals surface area contributed by atoms with E-state index in [4.69, 9.17) is 16.2 Å². The standard InChI is InChI=1S/C21H22N2O/c1-24-21-13-17(10-15-2-6-19(22)7-3-15)12-18(14-21)11-16-4-8-20(23)9-5-16/h2-9,12-14H,10-11,22-23H2,1H3. The highest BCUT2D eigenvalue weighted by atomic mass is 16.5. The van der Waals surface area contributed by atoms with Gasteiger partial charge >= 0.3 is 0 Å². The van der Waals surface area contributed by atoms with E-state index in [0.29, 0.717) is 0 Å². The summed E-state index contributed by atoms with van der Waals surface area (Å²) in [7, 11) is 1.70. The third-order valence-electron chi connectivity index (χ3n) is 4.04. The molecule has 0 spiro atoms. The Bertz CT molecular complexity index is 742. The van der Waals surface area contributed by atoms with Crippen LogP contribution in [-0.4, -0.2) is 7.11 Å². The molecule has 0 aliphatic carbocycles. The molecule has 3 aromatic rings. The van der Waals surface area contributed by atoms with Gasteiger partial charge in [0.15, 0.2) is 0 Å². The summed E-state index contributed by atoms with van der Waals surface area (Å²) < 4.78 is 5.47. The zero-order valence-corrected chi connectivity index (χ0v) is 13.8. The Morgan fingerprint density at radius 1 is 0.625 bits per heavy atom. The molecule has 0 aliphatic rings. The minimum absolute atomic E-state index is 0.786. The van der Waals surface area contributed by atoms with Crippen molar-refractivity contribution in [2.24, 2.45) is 0 Å². The summed E-state index contributed by atoms with van der Waals surface area (Å²) in [5, 5.41) is 0. The lowest BCUT2D eigenvalue weighted by Crippen LogP contribution is -1.96. The molecule has 0 aliphatic heterocycles. The summed E-state index contributed by atoms with van der Waals surface area (Å²) in [6.45, 7) is 0. The minimum Gasteiger partial charge on any atom is -0.497 e. The molecule has 0 aromatic heterocycles. The molecule has 122 valence electrons. The van der Waals surface area contributed by atoms with Gasteiger partial charge in [0.1, 0.15) is 5.75 Å². The van der Waals surface area contributed by atoms with Crippen LogP contribution < -0.4 is 16.2 Å². The van der Waals surface area contributed by atoms with Gasteiger partial charge in [0.05, 0.1) is 7.11 Å². The van der Waals surface area contributed by atoms with Gasteiger partial charge in [-0.15, -0.1) is 0 Å². The Morgan fingerprint density at radius 3 is 1.42 bits per heavy atom. The molecular formula is C21H22N2O. The summed E-state index contributed by atoms with van der Waals surface area (Å²) in [4.78, 5) is 0. The summed E-state index contributed by atoms with van der Waals surface area (Å²) >= 11 is 0. The molecule has 0 unspecified atom stereocenters. The molecule has 24 heavy (non-hydrogen) atoms. The van der Waals surface area contributed by atoms with Crippen molar-refractivity contribution < 1.29 is 4.74 Å². The second-order valence-electron chi connectivity index (χ2n) is 6.03. The first-order valence-electron chi connectivity index (χ1n) is 7.98. The van der Waals surface area contributed by atoms with Crippen molar-refractivity contribution in [1.29, 1.82) is 0 Å². The van der Waals surface area contributed by atoms with E-state index in [1.165, 1.54) is 22.3 Å². The number of methoxy groups -OCH3 is 1. The predicted molar refractivity (Wildman–Crippen MR) is 100 cm³/mol. The lowest BCUT2D eigenvalue weighted by atomic mass is 9.98. The maximum atomic E-state index is 5.76. The van der Waals surface area contributed by atoms with E-state index in [-0.39, 0.29) is 0 Å². The van der Waals surface area contributed by atoms with Crippen LogP contribution in [0.4, 0.5) is 11.4 Å². The van der Waals surface area contributed by atoms with E-state index in [2.05, 4.69) is 42.5 Å². The van der Waals surface area contributed by atoms with Crippen molar-refractivity contribution in [3.63, 3.8) is 0 Å². The molecule has 0 bridgehead atoms.